The van der Waals surface area contributed by atoms with Crippen LogP contribution in [0.4, 0.5) is 0 Å². The normalized spacial score (nSPS) is 12.7. The van der Waals surface area contributed by atoms with E-state index in [9.17, 15) is 0 Å². The van der Waals surface area contributed by atoms with Crippen molar-refractivity contribution in [1.82, 2.24) is 9.78 Å². The molecule has 0 aliphatic rings. The maximum atomic E-state index is 6.28. The van der Waals surface area contributed by atoms with E-state index in [2.05, 4.69) is 25.9 Å². The minimum Gasteiger partial charge on any atom is -0.452 e. The Kier molecular flexibility index (Phi) is 5.26. The number of benzene rings is 1. The Bertz CT molecular complexity index is 595. The Morgan fingerprint density at radius 1 is 1.38 bits per heavy atom. The maximum absolute atomic E-state index is 6.28. The predicted molar refractivity (Wildman–Crippen MR) is 86.1 cm³/mol. The van der Waals surface area contributed by atoms with Gasteiger partial charge in [-0.05, 0) is 44.4 Å². The summed E-state index contributed by atoms with van der Waals surface area (Å²) >= 11 is 6.28. The van der Waals surface area contributed by atoms with Gasteiger partial charge in [0.1, 0.15) is 5.75 Å². The summed E-state index contributed by atoms with van der Waals surface area (Å²) in [7, 11) is 0. The van der Waals surface area contributed by atoms with Crippen LogP contribution in [0.3, 0.4) is 0 Å². The van der Waals surface area contributed by atoms with Crippen molar-refractivity contribution < 1.29 is 4.74 Å². The summed E-state index contributed by atoms with van der Waals surface area (Å²) in [5, 5.41) is 4.83. The monoisotopic (exact) mass is 307 g/mol. The first-order valence-electron chi connectivity index (χ1n) is 7.25. The van der Waals surface area contributed by atoms with E-state index in [1.165, 1.54) is 0 Å². The summed E-state index contributed by atoms with van der Waals surface area (Å²) in [6, 6.07) is 6.27. The first-order valence-corrected chi connectivity index (χ1v) is 7.63. The molecule has 0 aliphatic carbocycles. The molecule has 1 atom stereocenters. The van der Waals surface area contributed by atoms with Crippen molar-refractivity contribution in [3.63, 3.8) is 0 Å². The third-order valence-corrected chi connectivity index (χ3v) is 3.65. The molecule has 0 saturated heterocycles. The molecule has 0 saturated carbocycles. The molecule has 2 aromatic rings. The summed E-state index contributed by atoms with van der Waals surface area (Å²) in [5.74, 6) is 1.32. The van der Waals surface area contributed by atoms with Crippen LogP contribution in [-0.4, -0.2) is 15.8 Å². The first-order chi connectivity index (χ1) is 9.99. The van der Waals surface area contributed by atoms with Gasteiger partial charge in [-0.1, -0.05) is 24.6 Å². The molecule has 1 unspecified atom stereocenters. The quantitative estimate of drug-likeness (QED) is 0.870. The molecule has 1 aromatic carbocycles. The van der Waals surface area contributed by atoms with Crippen LogP contribution < -0.4 is 10.5 Å². The Morgan fingerprint density at radius 3 is 2.71 bits per heavy atom. The second-order valence-corrected chi connectivity index (χ2v) is 5.90. The van der Waals surface area contributed by atoms with Crippen molar-refractivity contribution in [2.75, 3.05) is 0 Å². The molecule has 0 spiro atoms. The van der Waals surface area contributed by atoms with Crippen LogP contribution in [0.1, 0.15) is 38.8 Å². The van der Waals surface area contributed by atoms with Crippen molar-refractivity contribution in [2.45, 2.75) is 45.7 Å². The van der Waals surface area contributed by atoms with E-state index in [1.54, 1.807) is 6.20 Å². The Labute approximate surface area is 130 Å². The summed E-state index contributed by atoms with van der Waals surface area (Å²) in [6.45, 7) is 6.21. The number of hydrogen-bond acceptors (Lipinski definition) is 3. The predicted octanol–water partition coefficient (Wildman–Crippen LogP) is 4.19. The fourth-order valence-corrected chi connectivity index (χ4v) is 2.23. The molecule has 0 radical (unpaired) electrons. The van der Waals surface area contributed by atoms with Crippen molar-refractivity contribution in [2.24, 2.45) is 5.73 Å². The van der Waals surface area contributed by atoms with Crippen LogP contribution >= 0.6 is 11.6 Å². The highest BCUT2D eigenvalue weighted by atomic mass is 35.5. The van der Waals surface area contributed by atoms with Gasteiger partial charge in [-0.3, -0.25) is 4.68 Å². The lowest BCUT2D eigenvalue weighted by Crippen LogP contribution is -2.21. The van der Waals surface area contributed by atoms with Gasteiger partial charge >= 0.3 is 0 Å². The number of halogens is 1. The zero-order valence-corrected chi connectivity index (χ0v) is 13.5. The van der Waals surface area contributed by atoms with E-state index in [-0.39, 0.29) is 6.04 Å². The fraction of sp³-hybridized carbons (Fsp3) is 0.438. The number of aromatic nitrogens is 2. The van der Waals surface area contributed by atoms with E-state index in [4.69, 9.17) is 22.1 Å². The molecule has 5 heteroatoms. The Hall–Kier alpha value is -1.52. The fourth-order valence-electron chi connectivity index (χ4n) is 1.98. The zero-order chi connectivity index (χ0) is 15.4. The van der Waals surface area contributed by atoms with Crippen molar-refractivity contribution >= 4 is 11.6 Å². The molecule has 0 aliphatic heterocycles. The average Bonchev–Trinajstić information content (AvgIpc) is 2.90. The molecule has 114 valence electrons. The van der Waals surface area contributed by atoms with Gasteiger partial charge in [-0.2, -0.15) is 5.10 Å². The van der Waals surface area contributed by atoms with E-state index in [1.807, 2.05) is 29.1 Å². The molecule has 2 N–H and O–H groups in total. The van der Waals surface area contributed by atoms with Crippen LogP contribution in [0.2, 0.25) is 5.02 Å². The van der Waals surface area contributed by atoms with Crippen molar-refractivity contribution in [3.8, 4) is 11.5 Å². The number of rotatable bonds is 6. The Balaban J connectivity index is 2.09. The lowest BCUT2D eigenvalue weighted by Gasteiger charge is -2.11. The third kappa shape index (κ3) is 4.22. The van der Waals surface area contributed by atoms with Gasteiger partial charge in [0, 0.05) is 12.1 Å². The van der Waals surface area contributed by atoms with Gasteiger partial charge in [0.15, 0.2) is 5.75 Å². The zero-order valence-electron chi connectivity index (χ0n) is 12.7. The number of ether oxygens (including phenoxy) is 1. The van der Waals surface area contributed by atoms with E-state index >= 15 is 0 Å². The first kappa shape index (κ1) is 15.9. The van der Waals surface area contributed by atoms with Gasteiger partial charge in [-0.15, -0.1) is 0 Å². The average molecular weight is 308 g/mol. The lowest BCUT2D eigenvalue weighted by molar-refractivity contribution is 0.477. The number of nitrogens with zero attached hydrogens (tertiary/aromatic N) is 2. The van der Waals surface area contributed by atoms with Crippen molar-refractivity contribution in [3.05, 3.63) is 41.2 Å². The highest BCUT2D eigenvalue weighted by Gasteiger charge is 2.09. The van der Waals surface area contributed by atoms with Crippen LogP contribution in [0, 0.1) is 0 Å². The van der Waals surface area contributed by atoms with Crippen molar-refractivity contribution in [1.29, 1.82) is 0 Å². The van der Waals surface area contributed by atoms with Crippen LogP contribution in [-0.2, 0) is 6.42 Å². The second kappa shape index (κ2) is 6.96. The molecule has 0 amide bonds. The molecule has 4 nitrogen and oxygen atoms in total. The summed E-state index contributed by atoms with van der Waals surface area (Å²) in [5.41, 5.74) is 7.09. The Morgan fingerprint density at radius 2 is 2.14 bits per heavy atom. The standard InChI is InChI=1S/C16H22ClN3O/c1-4-13(18)7-12-5-6-16(15(17)8-12)21-14-9-19-20(10-14)11(2)3/h5-6,8-11,13H,4,7,18H2,1-3H3. The van der Waals surface area contributed by atoms with Gasteiger partial charge in [-0.25, -0.2) is 0 Å². The largest absolute Gasteiger partial charge is 0.452 e. The van der Waals surface area contributed by atoms with Crippen LogP contribution in [0.5, 0.6) is 11.5 Å². The topological polar surface area (TPSA) is 53.1 Å². The number of hydrogen-bond donors (Lipinski definition) is 1. The smallest absolute Gasteiger partial charge is 0.165 e. The van der Waals surface area contributed by atoms with Crippen LogP contribution in [0.25, 0.3) is 0 Å². The molecule has 21 heavy (non-hydrogen) atoms. The van der Waals surface area contributed by atoms with Gasteiger partial charge in [0.2, 0.25) is 0 Å². The minimum absolute atomic E-state index is 0.164. The SMILES string of the molecule is CCC(N)Cc1ccc(Oc2cnn(C(C)C)c2)c(Cl)c1. The summed E-state index contributed by atoms with van der Waals surface area (Å²) in [6.07, 6.45) is 5.32. The van der Waals surface area contributed by atoms with Gasteiger partial charge < -0.3 is 10.5 Å². The molecule has 0 fully saturated rings. The molecular weight excluding hydrogens is 286 g/mol. The third-order valence-electron chi connectivity index (χ3n) is 3.35. The summed E-state index contributed by atoms with van der Waals surface area (Å²) in [4.78, 5) is 0. The maximum Gasteiger partial charge on any atom is 0.165 e. The molecule has 1 aromatic heterocycles. The highest BCUT2D eigenvalue weighted by molar-refractivity contribution is 6.32. The number of nitrogens with two attached hydrogens (primary N) is 1. The molecular formula is C16H22ClN3O. The van der Waals surface area contributed by atoms with E-state index < -0.39 is 0 Å². The van der Waals surface area contributed by atoms with Gasteiger partial charge in [0.25, 0.3) is 0 Å². The molecule has 0 bridgehead atoms. The molecule has 1 heterocycles. The lowest BCUT2D eigenvalue weighted by atomic mass is 10.0. The van der Waals surface area contributed by atoms with Crippen LogP contribution in [0.15, 0.2) is 30.6 Å². The minimum atomic E-state index is 0.164. The highest BCUT2D eigenvalue weighted by Crippen LogP contribution is 2.30. The second-order valence-electron chi connectivity index (χ2n) is 5.49. The van der Waals surface area contributed by atoms with Gasteiger partial charge in [0.05, 0.1) is 17.4 Å². The van der Waals surface area contributed by atoms with E-state index in [0.717, 1.165) is 18.4 Å². The molecule has 2 rings (SSSR count). The summed E-state index contributed by atoms with van der Waals surface area (Å²) < 4.78 is 7.62. The van der Waals surface area contributed by atoms with E-state index in [0.29, 0.717) is 22.6 Å².